The fourth-order valence-electron chi connectivity index (χ4n) is 3.57. The van der Waals surface area contributed by atoms with Gasteiger partial charge >= 0.3 is 5.97 Å². The second-order valence-electron chi connectivity index (χ2n) is 9.23. The minimum absolute atomic E-state index is 0.0379. The van der Waals surface area contributed by atoms with Crippen molar-refractivity contribution < 1.29 is 23.8 Å². The molecule has 1 saturated heterocycles. The molecule has 1 saturated carbocycles. The van der Waals surface area contributed by atoms with Gasteiger partial charge in [0, 0.05) is 19.1 Å². The number of hydrogen-bond acceptors (Lipinski definition) is 4. The van der Waals surface area contributed by atoms with Gasteiger partial charge in [0.2, 0.25) is 0 Å². The van der Waals surface area contributed by atoms with Crippen LogP contribution in [0, 0.1) is 5.92 Å². The Balaban J connectivity index is 2.01. The van der Waals surface area contributed by atoms with Crippen molar-refractivity contribution in [3.05, 3.63) is 0 Å². The van der Waals surface area contributed by atoms with Gasteiger partial charge in [-0.3, -0.25) is 4.79 Å². The molecule has 1 unspecified atom stereocenters. The summed E-state index contributed by atoms with van der Waals surface area (Å²) in [6.45, 7) is 12.0. The Hall–Kier alpha value is -0.433. The minimum atomic E-state index is -1.88. The number of carboxylic acid groups (broad SMARTS) is 1. The van der Waals surface area contributed by atoms with Crippen molar-refractivity contribution in [2.45, 2.75) is 102 Å². The molecule has 146 valence electrons. The summed E-state index contributed by atoms with van der Waals surface area (Å²) in [6, 6.07) is 0. The van der Waals surface area contributed by atoms with Gasteiger partial charge in [0.15, 0.2) is 14.6 Å². The molecular formula is C19H36O5Si. The maximum absolute atomic E-state index is 11.2. The Bertz CT molecular complexity index is 440. The monoisotopic (exact) mass is 372 g/mol. The van der Waals surface area contributed by atoms with Crippen molar-refractivity contribution in [3.63, 3.8) is 0 Å². The summed E-state index contributed by atoms with van der Waals surface area (Å²) in [6.07, 6.45) is 5.84. The fraction of sp³-hybridized carbons (Fsp3) is 0.947. The van der Waals surface area contributed by atoms with E-state index < -0.39 is 14.3 Å². The van der Waals surface area contributed by atoms with Crippen LogP contribution in [0.3, 0.4) is 0 Å². The highest BCUT2D eigenvalue weighted by Crippen LogP contribution is 2.41. The average molecular weight is 373 g/mol. The third-order valence-electron chi connectivity index (χ3n) is 5.93. The normalized spacial score (nSPS) is 31.7. The zero-order valence-corrected chi connectivity index (χ0v) is 17.5. The van der Waals surface area contributed by atoms with Crippen LogP contribution in [-0.2, 0) is 18.7 Å². The summed E-state index contributed by atoms with van der Waals surface area (Å²) in [4.78, 5) is 11.2. The van der Waals surface area contributed by atoms with Crippen LogP contribution in [0.2, 0.25) is 18.1 Å². The van der Waals surface area contributed by atoms with Gasteiger partial charge in [0.25, 0.3) is 0 Å². The van der Waals surface area contributed by atoms with Gasteiger partial charge in [-0.1, -0.05) is 20.8 Å². The van der Waals surface area contributed by atoms with E-state index in [0.717, 1.165) is 45.1 Å². The largest absolute Gasteiger partial charge is 0.481 e. The molecule has 0 amide bonds. The van der Waals surface area contributed by atoms with E-state index in [1.54, 1.807) is 0 Å². The van der Waals surface area contributed by atoms with E-state index >= 15 is 0 Å². The molecule has 1 heterocycles. The standard InChI is InChI=1S/C19H36O5Si/c1-19(2,3)25(4,5)24-16-11-14(12-17(20)21)10-15(13-16)23-18-8-6-7-9-22-18/h14-16,18H,6-13H2,1-5H3,(H,20,21)/t14-,15+,16+,18?/m0/s1. The third-order valence-corrected chi connectivity index (χ3v) is 10.5. The van der Waals surface area contributed by atoms with Gasteiger partial charge in [-0.2, -0.15) is 0 Å². The molecule has 0 bridgehead atoms. The van der Waals surface area contributed by atoms with Crippen molar-refractivity contribution in [2.75, 3.05) is 6.61 Å². The Morgan fingerprint density at radius 1 is 1.16 bits per heavy atom. The van der Waals surface area contributed by atoms with Crippen LogP contribution in [0.5, 0.6) is 0 Å². The van der Waals surface area contributed by atoms with E-state index in [1.807, 2.05) is 0 Å². The Labute approximate surface area is 153 Å². The van der Waals surface area contributed by atoms with Crippen LogP contribution in [0.25, 0.3) is 0 Å². The molecule has 1 aliphatic carbocycles. The summed E-state index contributed by atoms with van der Waals surface area (Å²) in [5.41, 5.74) is 0. The summed E-state index contributed by atoms with van der Waals surface area (Å²) < 4.78 is 18.5. The summed E-state index contributed by atoms with van der Waals surface area (Å²) >= 11 is 0. The van der Waals surface area contributed by atoms with Crippen molar-refractivity contribution in [2.24, 2.45) is 5.92 Å². The molecule has 4 atom stereocenters. The molecule has 0 aromatic carbocycles. The fourth-order valence-corrected chi connectivity index (χ4v) is 4.95. The lowest BCUT2D eigenvalue weighted by molar-refractivity contribution is -0.201. The molecule has 0 aromatic rings. The van der Waals surface area contributed by atoms with E-state index in [4.69, 9.17) is 13.9 Å². The number of ether oxygens (including phenoxy) is 2. The SMILES string of the molecule is CC(C)(C)[Si](C)(C)O[C@@H]1C[C@@H](CC(=O)O)C[C@@H](OC2CCCCO2)C1. The molecule has 6 heteroatoms. The lowest BCUT2D eigenvalue weighted by Crippen LogP contribution is -2.47. The maximum atomic E-state index is 11.2. The lowest BCUT2D eigenvalue weighted by Gasteiger charge is -2.43. The number of carboxylic acids is 1. The molecule has 2 rings (SSSR count). The molecule has 0 aromatic heterocycles. The molecular weight excluding hydrogens is 336 g/mol. The first kappa shape index (κ1) is 20.9. The summed E-state index contributed by atoms with van der Waals surface area (Å²) in [5.74, 6) is -0.611. The molecule has 0 spiro atoms. The Morgan fingerprint density at radius 3 is 2.40 bits per heavy atom. The van der Waals surface area contributed by atoms with Gasteiger partial charge in [-0.25, -0.2) is 0 Å². The Kier molecular flexibility index (Phi) is 7.10. The first-order valence-electron chi connectivity index (χ1n) is 9.73. The summed E-state index contributed by atoms with van der Waals surface area (Å²) in [7, 11) is -1.88. The van der Waals surface area contributed by atoms with Crippen LogP contribution < -0.4 is 0 Å². The van der Waals surface area contributed by atoms with Crippen molar-refractivity contribution >= 4 is 14.3 Å². The number of carbonyl (C=O) groups is 1. The lowest BCUT2D eigenvalue weighted by atomic mass is 9.83. The van der Waals surface area contributed by atoms with Crippen LogP contribution in [0.4, 0.5) is 0 Å². The maximum Gasteiger partial charge on any atom is 0.303 e. The van der Waals surface area contributed by atoms with E-state index in [2.05, 4.69) is 33.9 Å². The molecule has 5 nitrogen and oxygen atoms in total. The van der Waals surface area contributed by atoms with Crippen molar-refractivity contribution in [3.8, 4) is 0 Å². The molecule has 25 heavy (non-hydrogen) atoms. The number of aliphatic carboxylic acids is 1. The summed E-state index contributed by atoms with van der Waals surface area (Å²) in [5, 5.41) is 9.37. The van der Waals surface area contributed by atoms with Crippen LogP contribution in [0.15, 0.2) is 0 Å². The van der Waals surface area contributed by atoms with E-state index in [0.29, 0.717) is 0 Å². The van der Waals surface area contributed by atoms with Gasteiger partial charge in [-0.15, -0.1) is 0 Å². The van der Waals surface area contributed by atoms with Crippen LogP contribution >= 0.6 is 0 Å². The molecule has 0 radical (unpaired) electrons. The first-order chi connectivity index (χ1) is 11.6. The van der Waals surface area contributed by atoms with Gasteiger partial charge < -0.3 is 19.0 Å². The van der Waals surface area contributed by atoms with E-state index in [9.17, 15) is 9.90 Å². The van der Waals surface area contributed by atoms with Crippen molar-refractivity contribution in [1.29, 1.82) is 0 Å². The smallest absolute Gasteiger partial charge is 0.303 e. The topological polar surface area (TPSA) is 65.0 Å². The van der Waals surface area contributed by atoms with E-state index in [-0.39, 0.29) is 35.9 Å². The zero-order valence-electron chi connectivity index (χ0n) is 16.5. The highest BCUT2D eigenvalue weighted by atomic mass is 28.4. The number of hydrogen-bond donors (Lipinski definition) is 1. The molecule has 1 aliphatic heterocycles. The highest BCUT2D eigenvalue weighted by Gasteiger charge is 2.42. The van der Waals surface area contributed by atoms with Crippen LogP contribution in [-0.4, -0.2) is 44.5 Å². The Morgan fingerprint density at radius 2 is 1.84 bits per heavy atom. The highest BCUT2D eigenvalue weighted by molar-refractivity contribution is 6.74. The van der Waals surface area contributed by atoms with E-state index in [1.165, 1.54) is 0 Å². The quantitative estimate of drug-likeness (QED) is 0.692. The predicted octanol–water partition coefficient (Wildman–Crippen LogP) is 4.56. The predicted molar refractivity (Wildman–Crippen MR) is 100 cm³/mol. The van der Waals surface area contributed by atoms with Gasteiger partial charge in [-0.05, 0) is 62.6 Å². The zero-order chi connectivity index (χ0) is 18.7. The minimum Gasteiger partial charge on any atom is -0.481 e. The second-order valence-corrected chi connectivity index (χ2v) is 14.0. The van der Waals surface area contributed by atoms with Crippen LogP contribution in [0.1, 0.15) is 65.7 Å². The van der Waals surface area contributed by atoms with Gasteiger partial charge in [0.1, 0.15) is 0 Å². The van der Waals surface area contributed by atoms with Crippen molar-refractivity contribution in [1.82, 2.24) is 0 Å². The third kappa shape index (κ3) is 6.34. The first-order valence-corrected chi connectivity index (χ1v) is 12.6. The van der Waals surface area contributed by atoms with Gasteiger partial charge in [0.05, 0.1) is 6.10 Å². The molecule has 2 fully saturated rings. The number of rotatable bonds is 6. The average Bonchev–Trinajstić information content (AvgIpc) is 2.45. The molecule has 1 N–H and O–H groups in total. The second kappa shape index (κ2) is 8.50. The molecule has 2 aliphatic rings.